The van der Waals surface area contributed by atoms with Gasteiger partial charge < -0.3 is 15.0 Å². The zero-order valence-electron chi connectivity index (χ0n) is 16.5. The first-order chi connectivity index (χ1) is 13.6. The number of ketones is 1. The highest BCUT2D eigenvalue weighted by atomic mass is 16.5. The van der Waals surface area contributed by atoms with Gasteiger partial charge in [-0.15, -0.1) is 0 Å². The lowest BCUT2D eigenvalue weighted by molar-refractivity contribution is -0.126. The maximum atomic E-state index is 13.3. The molecule has 1 unspecified atom stereocenters. The van der Waals surface area contributed by atoms with Gasteiger partial charge in [-0.05, 0) is 23.8 Å². The number of carbonyl (C=O) groups excluding carboxylic acids is 1. The fourth-order valence-electron chi connectivity index (χ4n) is 4.06. The van der Waals surface area contributed by atoms with Crippen LogP contribution in [0.1, 0.15) is 31.1 Å². The van der Waals surface area contributed by atoms with Gasteiger partial charge in [0.15, 0.2) is 5.78 Å². The Morgan fingerprint density at radius 2 is 1.86 bits per heavy atom. The third-order valence-corrected chi connectivity index (χ3v) is 5.64. The summed E-state index contributed by atoms with van der Waals surface area (Å²) in [5.41, 5.74) is 2.23. The number of anilines is 1. The van der Waals surface area contributed by atoms with E-state index in [1.165, 1.54) is 0 Å². The highest BCUT2D eigenvalue weighted by Gasteiger charge is 2.42. The van der Waals surface area contributed by atoms with E-state index in [-0.39, 0.29) is 11.8 Å². The molecule has 2 saturated heterocycles. The number of carbonyl (C=O) groups is 1. The van der Waals surface area contributed by atoms with Gasteiger partial charge in [0.25, 0.3) is 0 Å². The molecule has 1 atom stereocenters. The van der Waals surface area contributed by atoms with Gasteiger partial charge in [0.05, 0.1) is 18.9 Å². The zero-order valence-corrected chi connectivity index (χ0v) is 16.5. The number of hydrogen-bond donors (Lipinski definition) is 1. The smallest absolute Gasteiger partial charge is 0.167 e. The number of Topliss-reactive ketones (excluding diaryl/α,β-unsaturated/α-hetero) is 1. The topological polar surface area (TPSA) is 54.5 Å². The Morgan fingerprint density at radius 1 is 1.11 bits per heavy atom. The second-order valence-corrected chi connectivity index (χ2v) is 7.97. The fraction of sp³-hybridized carbons (Fsp3) is 0.391. The Balaban J connectivity index is 1.57. The van der Waals surface area contributed by atoms with Crippen molar-refractivity contribution in [3.63, 3.8) is 0 Å². The molecule has 2 aliphatic heterocycles. The zero-order chi connectivity index (χ0) is 19.6. The van der Waals surface area contributed by atoms with Crippen molar-refractivity contribution in [3.05, 3.63) is 65.4 Å². The van der Waals surface area contributed by atoms with Crippen molar-refractivity contribution >= 4 is 17.7 Å². The Labute approximate surface area is 166 Å². The van der Waals surface area contributed by atoms with E-state index in [9.17, 15) is 4.79 Å². The highest BCUT2D eigenvalue weighted by Crippen LogP contribution is 2.39. The molecule has 1 N–H and O–H groups in total. The average Bonchev–Trinajstić information content (AvgIpc) is 2.73. The molecule has 1 aromatic carbocycles. The summed E-state index contributed by atoms with van der Waals surface area (Å²) in [7, 11) is 0. The number of nitrogens with zero attached hydrogens (tertiary/aromatic N) is 2. The van der Waals surface area contributed by atoms with Crippen molar-refractivity contribution < 1.29 is 9.53 Å². The maximum Gasteiger partial charge on any atom is 0.167 e. The van der Waals surface area contributed by atoms with Crippen LogP contribution in [0, 0.1) is 5.41 Å². The number of benzene rings is 1. The molecule has 2 aromatic rings. The minimum Gasteiger partial charge on any atom is -0.378 e. The molecule has 3 heterocycles. The first-order valence-corrected chi connectivity index (χ1v) is 9.89. The van der Waals surface area contributed by atoms with Crippen molar-refractivity contribution in [3.8, 4) is 0 Å². The Hall–Kier alpha value is -2.50. The molecule has 146 valence electrons. The molecular weight excluding hydrogens is 350 g/mol. The number of nitrogens with one attached hydrogen (secondary N) is 1. The summed E-state index contributed by atoms with van der Waals surface area (Å²) in [5.74, 6) is 1.12. The summed E-state index contributed by atoms with van der Waals surface area (Å²) in [6.07, 6.45) is 1.93. The number of aromatic nitrogens is 1. The van der Waals surface area contributed by atoms with Crippen LogP contribution in [0.3, 0.4) is 0 Å². The van der Waals surface area contributed by atoms with Gasteiger partial charge in [0.2, 0.25) is 0 Å². The minimum atomic E-state index is -0.521. The van der Waals surface area contributed by atoms with Gasteiger partial charge in [0.1, 0.15) is 5.82 Å². The first kappa shape index (κ1) is 18.8. The highest BCUT2D eigenvalue weighted by molar-refractivity contribution is 6.04. The van der Waals surface area contributed by atoms with E-state index in [1.807, 2.05) is 56.3 Å². The first-order valence-electron chi connectivity index (χ1n) is 9.89. The maximum absolute atomic E-state index is 13.3. The van der Waals surface area contributed by atoms with Crippen LogP contribution in [0.15, 0.2) is 54.1 Å². The standard InChI is InChI=1S/C23H27N3O2/c1-23(2)21(17-7-4-3-5-8-17)24-16-18(22(23)27)15-19-9-6-10-20(25-19)26-11-13-28-14-12-26/h3-10,15,21,24H,11-14,16H2,1-2H3. The summed E-state index contributed by atoms with van der Waals surface area (Å²) in [5, 5.41) is 3.56. The van der Waals surface area contributed by atoms with E-state index in [0.29, 0.717) is 6.54 Å². The number of hydrogen-bond acceptors (Lipinski definition) is 5. The van der Waals surface area contributed by atoms with Crippen molar-refractivity contribution in [2.75, 3.05) is 37.7 Å². The predicted molar refractivity (Wildman–Crippen MR) is 111 cm³/mol. The van der Waals surface area contributed by atoms with Crippen LogP contribution in [0.4, 0.5) is 5.82 Å². The van der Waals surface area contributed by atoms with E-state index in [0.717, 1.165) is 49.0 Å². The van der Waals surface area contributed by atoms with E-state index < -0.39 is 5.41 Å². The molecule has 4 rings (SSSR count). The van der Waals surface area contributed by atoms with Gasteiger partial charge in [-0.2, -0.15) is 0 Å². The summed E-state index contributed by atoms with van der Waals surface area (Å²) in [6.45, 7) is 7.73. The van der Waals surface area contributed by atoms with Gasteiger partial charge in [-0.25, -0.2) is 4.98 Å². The summed E-state index contributed by atoms with van der Waals surface area (Å²) in [4.78, 5) is 20.2. The molecule has 0 radical (unpaired) electrons. The molecule has 0 saturated carbocycles. The summed E-state index contributed by atoms with van der Waals surface area (Å²) in [6, 6.07) is 16.2. The number of morpholine rings is 1. The second-order valence-electron chi connectivity index (χ2n) is 7.97. The van der Waals surface area contributed by atoms with Crippen LogP contribution >= 0.6 is 0 Å². The Bertz CT molecular complexity index is 870. The minimum absolute atomic E-state index is 0.00555. The molecule has 0 aliphatic carbocycles. The second kappa shape index (κ2) is 7.86. The number of pyridine rings is 1. The molecule has 2 aliphatic rings. The number of rotatable bonds is 3. The third-order valence-electron chi connectivity index (χ3n) is 5.64. The van der Waals surface area contributed by atoms with Crippen molar-refractivity contribution in [1.82, 2.24) is 10.3 Å². The van der Waals surface area contributed by atoms with Crippen molar-refractivity contribution in [1.29, 1.82) is 0 Å². The van der Waals surface area contributed by atoms with Gasteiger partial charge in [0, 0.05) is 36.7 Å². The van der Waals surface area contributed by atoms with Crippen LogP contribution in [-0.2, 0) is 9.53 Å². The third kappa shape index (κ3) is 3.73. The number of ether oxygens (including phenoxy) is 1. The lowest BCUT2D eigenvalue weighted by Gasteiger charge is -2.39. The van der Waals surface area contributed by atoms with E-state index >= 15 is 0 Å². The van der Waals surface area contributed by atoms with Crippen LogP contribution in [0.25, 0.3) is 6.08 Å². The monoisotopic (exact) mass is 377 g/mol. The molecule has 1 aromatic heterocycles. The summed E-state index contributed by atoms with van der Waals surface area (Å²) >= 11 is 0. The largest absolute Gasteiger partial charge is 0.378 e. The molecule has 0 amide bonds. The van der Waals surface area contributed by atoms with Crippen LogP contribution in [-0.4, -0.2) is 43.6 Å². The molecule has 2 fully saturated rings. The van der Waals surface area contributed by atoms with E-state index in [2.05, 4.69) is 22.3 Å². The van der Waals surface area contributed by atoms with E-state index in [4.69, 9.17) is 9.72 Å². The van der Waals surface area contributed by atoms with Gasteiger partial charge in [-0.1, -0.05) is 50.2 Å². The van der Waals surface area contributed by atoms with Crippen LogP contribution in [0.2, 0.25) is 0 Å². The van der Waals surface area contributed by atoms with Crippen LogP contribution < -0.4 is 10.2 Å². The van der Waals surface area contributed by atoms with E-state index in [1.54, 1.807) is 0 Å². The normalized spacial score (nSPS) is 23.8. The molecule has 5 heteroatoms. The Morgan fingerprint density at radius 3 is 2.61 bits per heavy atom. The molecule has 5 nitrogen and oxygen atoms in total. The summed E-state index contributed by atoms with van der Waals surface area (Å²) < 4.78 is 5.42. The lowest BCUT2D eigenvalue weighted by atomic mass is 9.72. The molecular formula is C23H27N3O2. The fourth-order valence-corrected chi connectivity index (χ4v) is 4.06. The molecule has 0 bridgehead atoms. The number of piperidine rings is 1. The molecule has 0 spiro atoms. The Kier molecular flexibility index (Phi) is 5.29. The van der Waals surface area contributed by atoms with Gasteiger partial charge in [-0.3, -0.25) is 4.79 Å². The van der Waals surface area contributed by atoms with Crippen LogP contribution in [0.5, 0.6) is 0 Å². The average molecular weight is 377 g/mol. The quantitative estimate of drug-likeness (QED) is 0.833. The van der Waals surface area contributed by atoms with Crippen molar-refractivity contribution in [2.45, 2.75) is 19.9 Å². The van der Waals surface area contributed by atoms with Crippen molar-refractivity contribution in [2.24, 2.45) is 5.41 Å². The predicted octanol–water partition coefficient (Wildman–Crippen LogP) is 3.24. The van der Waals surface area contributed by atoms with Gasteiger partial charge >= 0.3 is 0 Å². The molecule has 28 heavy (non-hydrogen) atoms. The SMILES string of the molecule is CC1(C)C(=O)C(=Cc2cccc(N3CCOCC3)n2)CNC1c1ccccc1. The lowest BCUT2D eigenvalue weighted by Crippen LogP contribution is -2.47.